The number of nitrogens with zero attached hydrogens (tertiary/aromatic N) is 1. The Morgan fingerprint density at radius 1 is 1.62 bits per heavy atom. The Kier molecular flexibility index (Phi) is 3.71. The summed E-state index contributed by atoms with van der Waals surface area (Å²) in [6, 6.07) is 0.660. The van der Waals surface area contributed by atoms with E-state index in [0.29, 0.717) is 6.04 Å². The van der Waals surface area contributed by atoms with Gasteiger partial charge in [0.25, 0.3) is 0 Å². The maximum Gasteiger partial charge on any atom is 0.0447 e. The fourth-order valence-corrected chi connectivity index (χ4v) is 2.16. The number of likely N-dealkylation sites (N-methyl/N-ethyl adjacent to an activating group) is 1. The van der Waals surface area contributed by atoms with Gasteiger partial charge in [-0.05, 0) is 33.4 Å². The normalized spacial score (nSPS) is 35.5. The molecule has 1 saturated heterocycles. The molecule has 1 aliphatic heterocycles. The van der Waals surface area contributed by atoms with Crippen LogP contribution in [0.15, 0.2) is 0 Å². The SMILES string of the molecule is CCCNC1(CN)CC(C)N(C)C1. The van der Waals surface area contributed by atoms with Gasteiger partial charge in [0.2, 0.25) is 0 Å². The van der Waals surface area contributed by atoms with Crippen LogP contribution in [0.5, 0.6) is 0 Å². The molecule has 0 saturated carbocycles. The van der Waals surface area contributed by atoms with Crippen LogP contribution in [0.3, 0.4) is 0 Å². The first kappa shape index (κ1) is 11.0. The first-order chi connectivity index (χ1) is 6.13. The second kappa shape index (κ2) is 4.40. The quantitative estimate of drug-likeness (QED) is 0.666. The number of nitrogens with two attached hydrogens (primary N) is 1. The van der Waals surface area contributed by atoms with Gasteiger partial charge in [0.05, 0.1) is 0 Å². The average molecular weight is 185 g/mol. The Morgan fingerprint density at radius 2 is 2.31 bits per heavy atom. The zero-order valence-electron chi connectivity index (χ0n) is 9.14. The zero-order chi connectivity index (χ0) is 9.90. The van der Waals surface area contributed by atoms with E-state index in [9.17, 15) is 0 Å². The van der Waals surface area contributed by atoms with Crippen molar-refractivity contribution in [2.45, 2.75) is 38.3 Å². The minimum Gasteiger partial charge on any atom is -0.329 e. The van der Waals surface area contributed by atoms with Crippen molar-refractivity contribution in [2.24, 2.45) is 5.73 Å². The van der Waals surface area contributed by atoms with E-state index in [-0.39, 0.29) is 5.54 Å². The van der Waals surface area contributed by atoms with Crippen LogP contribution in [-0.4, -0.2) is 43.2 Å². The molecule has 2 atom stereocenters. The molecule has 1 heterocycles. The van der Waals surface area contributed by atoms with E-state index in [0.717, 1.165) is 19.6 Å². The third-order valence-electron chi connectivity index (χ3n) is 3.13. The summed E-state index contributed by atoms with van der Waals surface area (Å²) < 4.78 is 0. The van der Waals surface area contributed by atoms with Gasteiger partial charge in [-0.2, -0.15) is 0 Å². The van der Waals surface area contributed by atoms with Gasteiger partial charge in [-0.15, -0.1) is 0 Å². The molecule has 13 heavy (non-hydrogen) atoms. The fourth-order valence-electron chi connectivity index (χ4n) is 2.16. The van der Waals surface area contributed by atoms with Crippen LogP contribution >= 0.6 is 0 Å². The molecule has 0 aliphatic carbocycles. The smallest absolute Gasteiger partial charge is 0.0447 e. The molecule has 0 aromatic carbocycles. The number of nitrogens with one attached hydrogen (secondary N) is 1. The summed E-state index contributed by atoms with van der Waals surface area (Å²) in [5.41, 5.74) is 6.03. The van der Waals surface area contributed by atoms with E-state index in [1.807, 2.05) is 0 Å². The highest BCUT2D eigenvalue weighted by atomic mass is 15.2. The molecule has 1 rings (SSSR count). The molecule has 0 spiro atoms. The maximum absolute atomic E-state index is 5.84. The van der Waals surface area contributed by atoms with Crippen molar-refractivity contribution in [1.82, 2.24) is 10.2 Å². The summed E-state index contributed by atoms with van der Waals surface area (Å²) in [5, 5.41) is 3.59. The summed E-state index contributed by atoms with van der Waals surface area (Å²) in [6.07, 6.45) is 2.36. The monoisotopic (exact) mass is 185 g/mol. The molecule has 3 heteroatoms. The van der Waals surface area contributed by atoms with Crippen molar-refractivity contribution < 1.29 is 0 Å². The average Bonchev–Trinajstić information content (AvgIpc) is 2.40. The first-order valence-corrected chi connectivity index (χ1v) is 5.29. The number of likely N-dealkylation sites (tertiary alicyclic amines) is 1. The minimum atomic E-state index is 0.185. The Bertz CT molecular complexity index is 148. The van der Waals surface area contributed by atoms with Gasteiger partial charge in [-0.1, -0.05) is 6.92 Å². The number of rotatable bonds is 4. The van der Waals surface area contributed by atoms with Crippen molar-refractivity contribution in [3.63, 3.8) is 0 Å². The van der Waals surface area contributed by atoms with Gasteiger partial charge in [0.1, 0.15) is 0 Å². The van der Waals surface area contributed by atoms with Gasteiger partial charge in [0, 0.05) is 24.7 Å². The summed E-state index contributed by atoms with van der Waals surface area (Å²) >= 11 is 0. The lowest BCUT2D eigenvalue weighted by Gasteiger charge is -2.28. The third kappa shape index (κ3) is 2.42. The van der Waals surface area contributed by atoms with E-state index in [2.05, 4.69) is 31.1 Å². The summed E-state index contributed by atoms with van der Waals surface area (Å²) in [4.78, 5) is 2.38. The maximum atomic E-state index is 5.84. The van der Waals surface area contributed by atoms with Crippen molar-refractivity contribution in [1.29, 1.82) is 0 Å². The molecule has 0 amide bonds. The second-order valence-electron chi connectivity index (χ2n) is 4.38. The van der Waals surface area contributed by atoms with Crippen LogP contribution in [-0.2, 0) is 0 Å². The highest BCUT2D eigenvalue weighted by molar-refractivity contribution is 5.00. The van der Waals surface area contributed by atoms with E-state index in [4.69, 9.17) is 5.73 Å². The molecule has 78 valence electrons. The van der Waals surface area contributed by atoms with Crippen molar-refractivity contribution in [3.05, 3.63) is 0 Å². The van der Waals surface area contributed by atoms with Crippen LogP contribution in [0.25, 0.3) is 0 Å². The molecule has 3 N–H and O–H groups in total. The number of hydrogen-bond donors (Lipinski definition) is 2. The highest BCUT2D eigenvalue weighted by Crippen LogP contribution is 2.24. The van der Waals surface area contributed by atoms with Crippen molar-refractivity contribution >= 4 is 0 Å². The molecule has 1 fully saturated rings. The van der Waals surface area contributed by atoms with Crippen LogP contribution in [0.1, 0.15) is 26.7 Å². The molecule has 0 aromatic heterocycles. The van der Waals surface area contributed by atoms with Crippen molar-refractivity contribution in [2.75, 3.05) is 26.7 Å². The van der Waals surface area contributed by atoms with Gasteiger partial charge in [0.15, 0.2) is 0 Å². The minimum absolute atomic E-state index is 0.185. The van der Waals surface area contributed by atoms with Gasteiger partial charge in [-0.3, -0.25) is 0 Å². The lowest BCUT2D eigenvalue weighted by molar-refractivity contribution is 0.300. The van der Waals surface area contributed by atoms with Crippen LogP contribution < -0.4 is 11.1 Å². The molecule has 1 aliphatic rings. The second-order valence-corrected chi connectivity index (χ2v) is 4.38. The topological polar surface area (TPSA) is 41.3 Å². The molecular formula is C10H23N3. The Balaban J connectivity index is 2.51. The van der Waals surface area contributed by atoms with E-state index in [1.54, 1.807) is 0 Å². The third-order valence-corrected chi connectivity index (χ3v) is 3.13. The summed E-state index contributed by atoms with van der Waals surface area (Å²) in [7, 11) is 2.18. The predicted molar refractivity (Wildman–Crippen MR) is 56.8 cm³/mol. The van der Waals surface area contributed by atoms with E-state index in [1.165, 1.54) is 12.8 Å². The molecule has 0 aromatic rings. The van der Waals surface area contributed by atoms with Gasteiger partial charge >= 0.3 is 0 Å². The lowest BCUT2D eigenvalue weighted by Crippen LogP contribution is -2.53. The molecular weight excluding hydrogens is 162 g/mol. The van der Waals surface area contributed by atoms with Crippen molar-refractivity contribution in [3.8, 4) is 0 Å². The Morgan fingerprint density at radius 3 is 2.69 bits per heavy atom. The van der Waals surface area contributed by atoms with Crippen LogP contribution in [0.2, 0.25) is 0 Å². The molecule has 0 bridgehead atoms. The van der Waals surface area contributed by atoms with E-state index < -0.39 is 0 Å². The van der Waals surface area contributed by atoms with Gasteiger partial charge < -0.3 is 16.0 Å². The lowest BCUT2D eigenvalue weighted by atomic mass is 9.96. The fraction of sp³-hybridized carbons (Fsp3) is 1.00. The van der Waals surface area contributed by atoms with E-state index >= 15 is 0 Å². The Labute approximate surface area is 81.7 Å². The Hall–Kier alpha value is -0.120. The largest absolute Gasteiger partial charge is 0.329 e. The van der Waals surface area contributed by atoms with Crippen LogP contribution in [0, 0.1) is 0 Å². The van der Waals surface area contributed by atoms with Gasteiger partial charge in [-0.25, -0.2) is 0 Å². The molecule has 2 unspecified atom stereocenters. The molecule has 0 radical (unpaired) electrons. The highest BCUT2D eigenvalue weighted by Gasteiger charge is 2.38. The first-order valence-electron chi connectivity index (χ1n) is 5.29. The molecule has 3 nitrogen and oxygen atoms in total. The van der Waals surface area contributed by atoms with Crippen LogP contribution in [0.4, 0.5) is 0 Å². The zero-order valence-corrected chi connectivity index (χ0v) is 9.14. The predicted octanol–water partition coefficient (Wildman–Crippen LogP) is 0.408. The summed E-state index contributed by atoms with van der Waals surface area (Å²) in [5.74, 6) is 0. The number of hydrogen-bond acceptors (Lipinski definition) is 3. The summed E-state index contributed by atoms with van der Waals surface area (Å²) in [6.45, 7) is 7.38. The standard InChI is InChI=1S/C10H23N3/c1-4-5-12-10(7-11)6-9(2)13(3)8-10/h9,12H,4-8,11H2,1-3H3.